The van der Waals surface area contributed by atoms with Crippen molar-refractivity contribution in [2.45, 2.75) is 53.0 Å². The van der Waals surface area contributed by atoms with Crippen LogP contribution in [0, 0.1) is 24.5 Å². The molecule has 1 N–H and O–H groups in total. The zero-order valence-electron chi connectivity index (χ0n) is 12.4. The third-order valence-corrected chi connectivity index (χ3v) is 3.54. The van der Waals surface area contributed by atoms with Crippen LogP contribution >= 0.6 is 0 Å². The lowest BCUT2D eigenvalue weighted by atomic mass is 9.90. The van der Waals surface area contributed by atoms with Crippen LogP contribution in [0.4, 0.5) is 8.78 Å². The van der Waals surface area contributed by atoms with E-state index in [2.05, 4.69) is 26.1 Å². The molecular weight excluding hydrogens is 244 g/mol. The van der Waals surface area contributed by atoms with Crippen LogP contribution < -0.4 is 5.32 Å². The molecule has 0 heterocycles. The van der Waals surface area contributed by atoms with Gasteiger partial charge >= 0.3 is 0 Å². The molecule has 1 rings (SSSR count). The topological polar surface area (TPSA) is 12.0 Å². The average molecular weight is 269 g/mol. The van der Waals surface area contributed by atoms with Crippen molar-refractivity contribution < 1.29 is 8.78 Å². The maximum Gasteiger partial charge on any atom is 0.128 e. The van der Waals surface area contributed by atoms with Crippen molar-refractivity contribution in [1.29, 1.82) is 0 Å². The predicted molar refractivity (Wildman–Crippen MR) is 76.2 cm³/mol. The van der Waals surface area contributed by atoms with Gasteiger partial charge in [-0.3, -0.25) is 0 Å². The summed E-state index contributed by atoms with van der Waals surface area (Å²) in [4.78, 5) is 0. The third-order valence-electron chi connectivity index (χ3n) is 3.54. The molecule has 0 aliphatic heterocycles. The SMILES string of the molecule is CCCNC(c1cc(F)c(C)cc1F)C(C)CCC. The Labute approximate surface area is 115 Å². The summed E-state index contributed by atoms with van der Waals surface area (Å²) in [6.45, 7) is 8.67. The van der Waals surface area contributed by atoms with E-state index in [1.807, 2.05) is 0 Å². The van der Waals surface area contributed by atoms with Gasteiger partial charge in [0.05, 0.1) is 0 Å². The largest absolute Gasteiger partial charge is 0.310 e. The van der Waals surface area contributed by atoms with Crippen LogP contribution in [-0.4, -0.2) is 6.54 Å². The maximum absolute atomic E-state index is 14.1. The van der Waals surface area contributed by atoms with E-state index in [0.29, 0.717) is 11.1 Å². The van der Waals surface area contributed by atoms with E-state index in [4.69, 9.17) is 0 Å². The van der Waals surface area contributed by atoms with Gasteiger partial charge in [0, 0.05) is 11.6 Å². The lowest BCUT2D eigenvalue weighted by Crippen LogP contribution is -2.28. The maximum atomic E-state index is 14.1. The standard InChI is InChI=1S/C16H25F2N/c1-5-7-11(3)16(19-8-6-2)13-10-14(17)12(4)9-15(13)18/h9-11,16,19H,5-8H2,1-4H3. The average Bonchev–Trinajstić information content (AvgIpc) is 2.36. The van der Waals surface area contributed by atoms with Crippen molar-refractivity contribution in [3.8, 4) is 0 Å². The van der Waals surface area contributed by atoms with Crippen LogP contribution in [-0.2, 0) is 0 Å². The molecular formula is C16H25F2N. The number of nitrogens with one attached hydrogen (secondary N) is 1. The van der Waals surface area contributed by atoms with Gasteiger partial charge in [-0.25, -0.2) is 8.78 Å². The van der Waals surface area contributed by atoms with E-state index < -0.39 is 0 Å². The van der Waals surface area contributed by atoms with Crippen LogP contribution in [0.2, 0.25) is 0 Å². The zero-order valence-corrected chi connectivity index (χ0v) is 12.4. The van der Waals surface area contributed by atoms with Gasteiger partial charge in [-0.15, -0.1) is 0 Å². The van der Waals surface area contributed by atoms with E-state index in [-0.39, 0.29) is 23.6 Å². The summed E-state index contributed by atoms with van der Waals surface area (Å²) in [7, 11) is 0. The smallest absolute Gasteiger partial charge is 0.128 e. The van der Waals surface area contributed by atoms with Gasteiger partial charge in [0.15, 0.2) is 0 Å². The minimum Gasteiger partial charge on any atom is -0.310 e. The fraction of sp³-hybridized carbons (Fsp3) is 0.625. The second-order valence-corrected chi connectivity index (χ2v) is 5.32. The van der Waals surface area contributed by atoms with Gasteiger partial charge < -0.3 is 5.32 Å². The molecule has 1 aromatic carbocycles. The quantitative estimate of drug-likeness (QED) is 0.753. The summed E-state index contributed by atoms with van der Waals surface area (Å²) < 4.78 is 27.8. The van der Waals surface area contributed by atoms with Crippen LogP contribution in [0.1, 0.15) is 57.2 Å². The number of aryl methyl sites for hydroxylation is 1. The molecule has 0 saturated carbocycles. The molecule has 0 spiro atoms. The first-order valence-corrected chi connectivity index (χ1v) is 7.20. The first-order valence-electron chi connectivity index (χ1n) is 7.20. The summed E-state index contributed by atoms with van der Waals surface area (Å²) >= 11 is 0. The Morgan fingerprint density at radius 3 is 2.37 bits per heavy atom. The lowest BCUT2D eigenvalue weighted by Gasteiger charge is -2.26. The Morgan fingerprint density at radius 2 is 1.79 bits per heavy atom. The number of hydrogen-bond donors (Lipinski definition) is 1. The predicted octanol–water partition coefficient (Wildman–Crippen LogP) is 4.75. The molecule has 0 saturated heterocycles. The summed E-state index contributed by atoms with van der Waals surface area (Å²) in [6, 6.07) is 2.53. The number of rotatable bonds is 7. The third kappa shape index (κ3) is 4.27. The molecule has 1 nitrogen and oxygen atoms in total. The van der Waals surface area contributed by atoms with E-state index in [9.17, 15) is 8.78 Å². The highest BCUT2D eigenvalue weighted by Gasteiger charge is 2.22. The van der Waals surface area contributed by atoms with Crippen LogP contribution in [0.25, 0.3) is 0 Å². The first-order chi connectivity index (χ1) is 9.01. The van der Waals surface area contributed by atoms with E-state index >= 15 is 0 Å². The van der Waals surface area contributed by atoms with Crippen LogP contribution in [0.15, 0.2) is 12.1 Å². The Balaban J connectivity index is 3.05. The molecule has 0 aromatic heterocycles. The van der Waals surface area contributed by atoms with Gasteiger partial charge in [0.1, 0.15) is 11.6 Å². The highest BCUT2D eigenvalue weighted by atomic mass is 19.1. The molecule has 2 atom stereocenters. The van der Waals surface area contributed by atoms with Gasteiger partial charge in [-0.2, -0.15) is 0 Å². The van der Waals surface area contributed by atoms with Crippen LogP contribution in [0.3, 0.4) is 0 Å². The number of hydrogen-bond acceptors (Lipinski definition) is 1. The molecule has 1 aromatic rings. The Hall–Kier alpha value is -0.960. The molecule has 0 radical (unpaired) electrons. The highest BCUT2D eigenvalue weighted by molar-refractivity contribution is 5.28. The van der Waals surface area contributed by atoms with Crippen molar-refractivity contribution in [1.82, 2.24) is 5.32 Å². The molecule has 0 bridgehead atoms. The van der Waals surface area contributed by atoms with Gasteiger partial charge in [0.25, 0.3) is 0 Å². The molecule has 2 unspecified atom stereocenters. The minimum atomic E-state index is -0.330. The summed E-state index contributed by atoms with van der Waals surface area (Å²) in [5, 5.41) is 3.35. The van der Waals surface area contributed by atoms with Crippen molar-refractivity contribution in [3.05, 3.63) is 34.9 Å². The Kier molecular flexibility index (Phi) is 6.43. The molecule has 108 valence electrons. The van der Waals surface area contributed by atoms with E-state index in [0.717, 1.165) is 25.8 Å². The van der Waals surface area contributed by atoms with Gasteiger partial charge in [-0.1, -0.05) is 27.2 Å². The number of halogens is 2. The normalized spacial score (nSPS) is 14.4. The highest BCUT2D eigenvalue weighted by Crippen LogP contribution is 2.29. The Morgan fingerprint density at radius 1 is 1.11 bits per heavy atom. The van der Waals surface area contributed by atoms with Crippen molar-refractivity contribution in [2.75, 3.05) is 6.54 Å². The first kappa shape index (κ1) is 16.1. The minimum absolute atomic E-state index is 0.116. The van der Waals surface area contributed by atoms with E-state index in [1.165, 1.54) is 12.1 Å². The molecule has 0 fully saturated rings. The summed E-state index contributed by atoms with van der Waals surface area (Å²) in [6.07, 6.45) is 3.02. The molecule has 3 heteroatoms. The van der Waals surface area contributed by atoms with Crippen molar-refractivity contribution in [3.63, 3.8) is 0 Å². The monoisotopic (exact) mass is 269 g/mol. The number of benzene rings is 1. The van der Waals surface area contributed by atoms with Gasteiger partial charge in [0.2, 0.25) is 0 Å². The second-order valence-electron chi connectivity index (χ2n) is 5.32. The van der Waals surface area contributed by atoms with Gasteiger partial charge in [-0.05, 0) is 49.9 Å². The molecule has 19 heavy (non-hydrogen) atoms. The molecule has 0 aliphatic rings. The van der Waals surface area contributed by atoms with Crippen LogP contribution in [0.5, 0.6) is 0 Å². The summed E-state index contributed by atoms with van der Waals surface area (Å²) in [5.41, 5.74) is 0.816. The van der Waals surface area contributed by atoms with Crippen molar-refractivity contribution in [2.24, 2.45) is 5.92 Å². The zero-order chi connectivity index (χ0) is 14.4. The molecule has 0 aliphatic carbocycles. The molecule has 0 amide bonds. The summed E-state index contributed by atoms with van der Waals surface area (Å²) in [5.74, 6) is -0.355. The van der Waals surface area contributed by atoms with E-state index in [1.54, 1.807) is 6.92 Å². The fourth-order valence-electron chi connectivity index (χ4n) is 2.44. The second kappa shape index (κ2) is 7.59. The Bertz CT molecular complexity index is 404. The fourth-order valence-corrected chi connectivity index (χ4v) is 2.44. The lowest BCUT2D eigenvalue weighted by molar-refractivity contribution is 0.352. The van der Waals surface area contributed by atoms with Crippen molar-refractivity contribution >= 4 is 0 Å².